The van der Waals surface area contributed by atoms with Crippen LogP contribution in [0.15, 0.2) is 54.6 Å². The maximum Gasteiger partial charge on any atom is 0.166 e. The Labute approximate surface area is 130 Å². The van der Waals surface area contributed by atoms with E-state index >= 15 is 0 Å². The lowest BCUT2D eigenvalue weighted by molar-refractivity contribution is 0.624. The summed E-state index contributed by atoms with van der Waals surface area (Å²) >= 11 is 5.28. The standard InChI is InChI=1S/C17H19FN2S/c1-13(15-7-9-16(18)10-8-15)20-17(21)19-12-11-14-5-3-2-4-6-14/h2-10,13H,11-12H2,1H3,(H2,19,20,21)/t13-/m1/s1. The van der Waals surface area contributed by atoms with Gasteiger partial charge in [-0.3, -0.25) is 0 Å². The van der Waals surface area contributed by atoms with Crippen molar-refractivity contribution in [3.63, 3.8) is 0 Å². The molecular weight excluding hydrogens is 283 g/mol. The van der Waals surface area contributed by atoms with E-state index in [9.17, 15) is 4.39 Å². The third kappa shape index (κ3) is 5.16. The minimum absolute atomic E-state index is 0.0438. The summed E-state index contributed by atoms with van der Waals surface area (Å²) in [7, 11) is 0. The lowest BCUT2D eigenvalue weighted by Gasteiger charge is -2.17. The third-order valence-electron chi connectivity index (χ3n) is 3.26. The molecule has 2 rings (SSSR count). The topological polar surface area (TPSA) is 24.1 Å². The molecule has 2 aromatic carbocycles. The smallest absolute Gasteiger partial charge is 0.166 e. The van der Waals surface area contributed by atoms with Crippen molar-refractivity contribution < 1.29 is 4.39 Å². The first kappa shape index (κ1) is 15.4. The van der Waals surface area contributed by atoms with Gasteiger partial charge in [0, 0.05) is 6.54 Å². The van der Waals surface area contributed by atoms with E-state index in [0.717, 1.165) is 18.5 Å². The molecule has 0 bridgehead atoms. The molecule has 2 nitrogen and oxygen atoms in total. The van der Waals surface area contributed by atoms with Crippen LogP contribution in [0.25, 0.3) is 0 Å². The fourth-order valence-electron chi connectivity index (χ4n) is 2.05. The van der Waals surface area contributed by atoms with Crippen molar-refractivity contribution in [1.29, 1.82) is 0 Å². The van der Waals surface area contributed by atoms with Gasteiger partial charge >= 0.3 is 0 Å². The number of hydrogen-bond donors (Lipinski definition) is 2. The van der Waals surface area contributed by atoms with E-state index in [1.165, 1.54) is 17.7 Å². The molecule has 0 aliphatic rings. The molecule has 0 fully saturated rings. The Morgan fingerprint density at radius 1 is 1.10 bits per heavy atom. The molecule has 0 heterocycles. The van der Waals surface area contributed by atoms with E-state index < -0.39 is 0 Å². The SMILES string of the molecule is C[C@@H](NC(=S)NCCc1ccccc1)c1ccc(F)cc1. The second-order valence-electron chi connectivity index (χ2n) is 4.91. The van der Waals surface area contributed by atoms with Crippen LogP contribution in [-0.4, -0.2) is 11.7 Å². The molecule has 0 aromatic heterocycles. The first-order valence-electron chi connectivity index (χ1n) is 6.99. The van der Waals surface area contributed by atoms with Crippen LogP contribution >= 0.6 is 12.2 Å². The zero-order valence-electron chi connectivity index (χ0n) is 12.0. The van der Waals surface area contributed by atoms with E-state index in [1.807, 2.05) is 25.1 Å². The number of nitrogens with one attached hydrogen (secondary N) is 2. The molecule has 4 heteroatoms. The highest BCUT2D eigenvalue weighted by atomic mass is 32.1. The lowest BCUT2D eigenvalue weighted by atomic mass is 10.1. The number of benzene rings is 2. The van der Waals surface area contributed by atoms with Crippen LogP contribution in [0.1, 0.15) is 24.1 Å². The van der Waals surface area contributed by atoms with Gasteiger partial charge in [-0.25, -0.2) is 4.39 Å². The first-order chi connectivity index (χ1) is 10.1. The number of hydrogen-bond acceptors (Lipinski definition) is 1. The quantitative estimate of drug-likeness (QED) is 0.825. The molecule has 0 amide bonds. The molecule has 0 spiro atoms. The highest BCUT2D eigenvalue weighted by molar-refractivity contribution is 7.80. The van der Waals surface area contributed by atoms with Gasteiger partial charge in [0.05, 0.1) is 6.04 Å². The Hall–Kier alpha value is -1.94. The fourth-order valence-corrected chi connectivity index (χ4v) is 2.33. The van der Waals surface area contributed by atoms with Gasteiger partial charge in [0.1, 0.15) is 5.82 Å². The van der Waals surface area contributed by atoms with Crippen molar-refractivity contribution in [2.45, 2.75) is 19.4 Å². The van der Waals surface area contributed by atoms with Crippen molar-refractivity contribution in [3.05, 3.63) is 71.5 Å². The van der Waals surface area contributed by atoms with E-state index in [2.05, 4.69) is 22.8 Å². The largest absolute Gasteiger partial charge is 0.362 e. The molecule has 0 saturated heterocycles. The molecule has 110 valence electrons. The van der Waals surface area contributed by atoms with Crippen molar-refractivity contribution in [2.75, 3.05) is 6.54 Å². The number of rotatable bonds is 5. The Bertz CT molecular complexity index is 569. The number of halogens is 1. The van der Waals surface area contributed by atoms with E-state index in [0.29, 0.717) is 5.11 Å². The zero-order valence-corrected chi connectivity index (χ0v) is 12.8. The first-order valence-corrected chi connectivity index (χ1v) is 7.40. The van der Waals surface area contributed by atoms with Gasteiger partial charge in [0.25, 0.3) is 0 Å². The van der Waals surface area contributed by atoms with Gasteiger partial charge in [-0.1, -0.05) is 42.5 Å². The molecule has 0 radical (unpaired) electrons. The maximum absolute atomic E-state index is 12.9. The van der Waals surface area contributed by atoms with Crippen LogP contribution in [0, 0.1) is 5.82 Å². The minimum atomic E-state index is -0.227. The molecule has 0 aliphatic carbocycles. The average Bonchev–Trinajstić information content (AvgIpc) is 2.49. The highest BCUT2D eigenvalue weighted by Gasteiger charge is 2.06. The predicted molar refractivity (Wildman–Crippen MR) is 88.7 cm³/mol. The van der Waals surface area contributed by atoms with Crippen molar-refractivity contribution in [1.82, 2.24) is 10.6 Å². The van der Waals surface area contributed by atoms with E-state index in [1.54, 1.807) is 12.1 Å². The molecule has 2 aromatic rings. The monoisotopic (exact) mass is 302 g/mol. The summed E-state index contributed by atoms with van der Waals surface area (Å²) in [6, 6.07) is 16.7. The Morgan fingerprint density at radius 2 is 1.76 bits per heavy atom. The fraction of sp³-hybridized carbons (Fsp3) is 0.235. The summed E-state index contributed by atoms with van der Waals surface area (Å²) in [5.41, 5.74) is 2.28. The molecular formula is C17H19FN2S. The highest BCUT2D eigenvalue weighted by Crippen LogP contribution is 2.12. The summed E-state index contributed by atoms with van der Waals surface area (Å²) in [6.45, 7) is 2.78. The Balaban J connectivity index is 1.75. The lowest BCUT2D eigenvalue weighted by Crippen LogP contribution is -2.37. The Morgan fingerprint density at radius 3 is 2.43 bits per heavy atom. The third-order valence-corrected chi connectivity index (χ3v) is 3.52. The van der Waals surface area contributed by atoms with Crippen molar-refractivity contribution in [2.24, 2.45) is 0 Å². The van der Waals surface area contributed by atoms with E-state index in [-0.39, 0.29) is 11.9 Å². The second kappa shape index (κ2) is 7.74. The van der Waals surface area contributed by atoms with Crippen molar-refractivity contribution >= 4 is 17.3 Å². The van der Waals surface area contributed by atoms with Crippen LogP contribution < -0.4 is 10.6 Å². The molecule has 2 N–H and O–H groups in total. The normalized spacial score (nSPS) is 11.7. The van der Waals surface area contributed by atoms with Crippen LogP contribution in [0.5, 0.6) is 0 Å². The van der Waals surface area contributed by atoms with E-state index in [4.69, 9.17) is 12.2 Å². The van der Waals surface area contributed by atoms with Gasteiger partial charge in [-0.2, -0.15) is 0 Å². The van der Waals surface area contributed by atoms with Gasteiger partial charge in [0.2, 0.25) is 0 Å². The average molecular weight is 302 g/mol. The van der Waals surface area contributed by atoms with Crippen LogP contribution in [0.4, 0.5) is 4.39 Å². The van der Waals surface area contributed by atoms with Gasteiger partial charge < -0.3 is 10.6 Å². The van der Waals surface area contributed by atoms with Gasteiger partial charge in [-0.05, 0) is 48.8 Å². The van der Waals surface area contributed by atoms with Gasteiger partial charge in [0.15, 0.2) is 5.11 Å². The molecule has 0 unspecified atom stereocenters. The van der Waals surface area contributed by atoms with Crippen LogP contribution in [-0.2, 0) is 6.42 Å². The Kier molecular flexibility index (Phi) is 5.69. The summed E-state index contributed by atoms with van der Waals surface area (Å²) in [6.07, 6.45) is 0.924. The maximum atomic E-state index is 12.9. The summed E-state index contributed by atoms with van der Waals surface area (Å²) in [4.78, 5) is 0. The van der Waals surface area contributed by atoms with Gasteiger partial charge in [-0.15, -0.1) is 0 Å². The molecule has 21 heavy (non-hydrogen) atoms. The van der Waals surface area contributed by atoms with Crippen LogP contribution in [0.3, 0.4) is 0 Å². The molecule has 1 atom stereocenters. The zero-order chi connectivity index (χ0) is 15.1. The van der Waals surface area contributed by atoms with Crippen LogP contribution in [0.2, 0.25) is 0 Å². The van der Waals surface area contributed by atoms with Crippen molar-refractivity contribution in [3.8, 4) is 0 Å². The summed E-state index contributed by atoms with van der Waals surface area (Å²) < 4.78 is 12.9. The minimum Gasteiger partial charge on any atom is -0.362 e. The summed E-state index contributed by atoms with van der Waals surface area (Å²) in [5.74, 6) is -0.227. The second-order valence-corrected chi connectivity index (χ2v) is 5.32. The number of thiocarbonyl (C=S) groups is 1. The predicted octanol–water partition coefficient (Wildman–Crippen LogP) is 3.59. The molecule has 0 saturated carbocycles. The summed E-state index contributed by atoms with van der Waals surface area (Å²) in [5, 5.41) is 7.00. The molecule has 0 aliphatic heterocycles.